The lowest BCUT2D eigenvalue weighted by Gasteiger charge is -2.12. The van der Waals surface area contributed by atoms with Crippen LogP contribution in [-0.2, 0) is 9.59 Å². The Kier molecular flexibility index (Phi) is 5.19. The van der Waals surface area contributed by atoms with E-state index in [2.05, 4.69) is 5.32 Å². The van der Waals surface area contributed by atoms with Crippen molar-refractivity contribution >= 4 is 57.9 Å². The molecule has 0 atom stereocenters. The fourth-order valence-electron chi connectivity index (χ4n) is 2.21. The van der Waals surface area contributed by atoms with E-state index in [1.54, 1.807) is 6.08 Å². The lowest BCUT2D eigenvalue weighted by Crippen LogP contribution is -2.36. The van der Waals surface area contributed by atoms with Crippen molar-refractivity contribution in [2.75, 3.05) is 11.9 Å². The van der Waals surface area contributed by atoms with Crippen LogP contribution >= 0.6 is 23.1 Å². The van der Waals surface area contributed by atoms with Gasteiger partial charge in [0.05, 0.1) is 10.5 Å². The predicted octanol–water partition coefficient (Wildman–Crippen LogP) is 3.12. The van der Waals surface area contributed by atoms with E-state index in [1.807, 2.05) is 17.5 Å². The van der Waals surface area contributed by atoms with Crippen molar-refractivity contribution < 1.29 is 24.3 Å². The summed E-state index contributed by atoms with van der Waals surface area (Å²) in [7, 11) is 0. The largest absolute Gasteiger partial charge is 0.478 e. The Bertz CT molecular complexity index is 921. The van der Waals surface area contributed by atoms with Gasteiger partial charge in [-0.2, -0.15) is 0 Å². The van der Waals surface area contributed by atoms with Crippen molar-refractivity contribution in [1.82, 2.24) is 4.90 Å². The first-order chi connectivity index (χ1) is 12.4. The molecule has 1 aliphatic heterocycles. The van der Waals surface area contributed by atoms with Gasteiger partial charge in [-0.1, -0.05) is 12.1 Å². The van der Waals surface area contributed by atoms with Gasteiger partial charge in [0.1, 0.15) is 6.54 Å². The van der Waals surface area contributed by atoms with Gasteiger partial charge in [-0.05, 0) is 47.5 Å². The number of nitrogens with zero attached hydrogens (tertiary/aromatic N) is 1. The van der Waals surface area contributed by atoms with Gasteiger partial charge in [-0.25, -0.2) is 4.79 Å². The molecule has 2 N–H and O–H groups in total. The van der Waals surface area contributed by atoms with Crippen LogP contribution in [0.15, 0.2) is 46.7 Å². The molecule has 3 amide bonds. The summed E-state index contributed by atoms with van der Waals surface area (Å²) in [6.45, 7) is -0.441. The second kappa shape index (κ2) is 7.54. The zero-order chi connectivity index (χ0) is 18.7. The van der Waals surface area contributed by atoms with Gasteiger partial charge in [0.2, 0.25) is 5.91 Å². The molecule has 0 saturated carbocycles. The number of aromatic carboxylic acids is 1. The summed E-state index contributed by atoms with van der Waals surface area (Å²) in [6.07, 6.45) is 1.61. The highest BCUT2D eigenvalue weighted by Crippen LogP contribution is 2.32. The average Bonchev–Trinajstić information content (AvgIpc) is 3.19. The monoisotopic (exact) mass is 388 g/mol. The molecule has 26 heavy (non-hydrogen) atoms. The number of benzene rings is 1. The van der Waals surface area contributed by atoms with E-state index in [0.717, 1.165) is 21.5 Å². The van der Waals surface area contributed by atoms with Crippen LogP contribution < -0.4 is 5.32 Å². The fraction of sp³-hybridized carbons (Fsp3) is 0.0588. The number of imide groups is 1. The van der Waals surface area contributed by atoms with E-state index in [-0.39, 0.29) is 16.2 Å². The highest BCUT2D eigenvalue weighted by molar-refractivity contribution is 8.18. The lowest BCUT2D eigenvalue weighted by molar-refractivity contribution is -0.127. The molecular formula is C17H12N2O5S2. The summed E-state index contributed by atoms with van der Waals surface area (Å²) < 4.78 is 0. The van der Waals surface area contributed by atoms with Crippen molar-refractivity contribution in [2.45, 2.75) is 0 Å². The number of thiophene rings is 1. The van der Waals surface area contributed by atoms with Crippen molar-refractivity contribution in [1.29, 1.82) is 0 Å². The Morgan fingerprint density at radius 3 is 2.69 bits per heavy atom. The van der Waals surface area contributed by atoms with Crippen LogP contribution in [0.4, 0.5) is 10.5 Å². The number of hydrogen-bond acceptors (Lipinski definition) is 6. The van der Waals surface area contributed by atoms with Gasteiger partial charge in [-0.3, -0.25) is 19.3 Å². The molecule has 0 spiro atoms. The Labute approximate surface area is 156 Å². The number of carbonyl (C=O) groups is 4. The molecule has 7 nitrogen and oxygen atoms in total. The Morgan fingerprint density at radius 1 is 1.19 bits per heavy atom. The Hall–Kier alpha value is -2.91. The van der Waals surface area contributed by atoms with E-state index in [1.165, 1.54) is 35.6 Å². The zero-order valence-electron chi connectivity index (χ0n) is 13.2. The standard InChI is InChI=1S/C17H12N2O5S2/c20-14(18-11-4-1-3-10(7-11)16(22)23)9-19-15(21)13(26-17(19)24)8-12-5-2-6-25-12/h1-8H,9H2,(H,18,20)(H,22,23)/b13-8-. The number of carboxylic acid groups (broad SMARTS) is 1. The molecule has 1 aromatic carbocycles. The molecule has 1 fully saturated rings. The molecule has 0 radical (unpaired) electrons. The maximum absolute atomic E-state index is 12.3. The molecule has 2 aromatic rings. The van der Waals surface area contributed by atoms with E-state index >= 15 is 0 Å². The summed E-state index contributed by atoms with van der Waals surface area (Å²) in [6, 6.07) is 9.35. The quantitative estimate of drug-likeness (QED) is 0.763. The highest BCUT2D eigenvalue weighted by atomic mass is 32.2. The zero-order valence-corrected chi connectivity index (χ0v) is 14.8. The van der Waals surface area contributed by atoms with Gasteiger partial charge in [-0.15, -0.1) is 11.3 Å². The molecule has 2 heterocycles. The second-order valence-electron chi connectivity index (χ2n) is 5.22. The molecular weight excluding hydrogens is 376 g/mol. The molecule has 9 heteroatoms. The molecule has 132 valence electrons. The number of hydrogen-bond donors (Lipinski definition) is 2. The number of carboxylic acids is 1. The molecule has 1 saturated heterocycles. The molecule has 1 aromatic heterocycles. The van der Waals surface area contributed by atoms with Gasteiger partial charge in [0, 0.05) is 10.6 Å². The van der Waals surface area contributed by atoms with Gasteiger partial charge in [0.25, 0.3) is 11.1 Å². The third-order valence-corrected chi connectivity index (χ3v) is 5.11. The summed E-state index contributed by atoms with van der Waals surface area (Å²) in [5.74, 6) is -2.24. The van der Waals surface area contributed by atoms with Gasteiger partial charge < -0.3 is 10.4 Å². The van der Waals surface area contributed by atoms with Crippen molar-refractivity contribution in [2.24, 2.45) is 0 Å². The summed E-state index contributed by atoms with van der Waals surface area (Å²) >= 11 is 2.22. The van der Waals surface area contributed by atoms with Gasteiger partial charge in [0.15, 0.2) is 0 Å². The van der Waals surface area contributed by atoms with Crippen LogP contribution in [0.1, 0.15) is 15.2 Å². The Morgan fingerprint density at radius 2 is 2.00 bits per heavy atom. The number of nitrogens with one attached hydrogen (secondary N) is 1. The SMILES string of the molecule is O=C(CN1C(=O)S/C(=C\c2cccs2)C1=O)Nc1cccc(C(=O)O)c1. The molecule has 1 aliphatic rings. The van der Waals surface area contributed by atoms with Crippen LogP contribution in [0.3, 0.4) is 0 Å². The maximum Gasteiger partial charge on any atom is 0.335 e. The molecule has 0 unspecified atom stereocenters. The second-order valence-corrected chi connectivity index (χ2v) is 7.19. The van der Waals surface area contributed by atoms with Crippen LogP contribution in [0.25, 0.3) is 6.08 Å². The van der Waals surface area contributed by atoms with Crippen LogP contribution in [0, 0.1) is 0 Å². The third kappa shape index (κ3) is 4.01. The van der Waals surface area contributed by atoms with E-state index in [4.69, 9.17) is 5.11 Å². The van der Waals surface area contributed by atoms with E-state index in [0.29, 0.717) is 0 Å². The molecule has 3 rings (SSSR count). The van der Waals surface area contributed by atoms with E-state index < -0.39 is 29.6 Å². The predicted molar refractivity (Wildman–Crippen MR) is 99.0 cm³/mol. The average molecular weight is 388 g/mol. The smallest absolute Gasteiger partial charge is 0.335 e. The summed E-state index contributed by atoms with van der Waals surface area (Å²) in [5.41, 5.74) is 0.295. The number of thioether (sulfide) groups is 1. The first-order valence-corrected chi connectivity index (χ1v) is 9.06. The van der Waals surface area contributed by atoms with Gasteiger partial charge >= 0.3 is 5.97 Å². The first kappa shape index (κ1) is 17.9. The van der Waals surface area contributed by atoms with E-state index in [9.17, 15) is 19.2 Å². The highest BCUT2D eigenvalue weighted by Gasteiger charge is 2.36. The minimum Gasteiger partial charge on any atom is -0.478 e. The van der Waals surface area contributed by atoms with Crippen molar-refractivity contribution in [3.05, 3.63) is 57.1 Å². The van der Waals surface area contributed by atoms with Crippen LogP contribution in [0.2, 0.25) is 0 Å². The maximum atomic E-state index is 12.3. The fourth-order valence-corrected chi connectivity index (χ4v) is 3.77. The van der Waals surface area contributed by atoms with Crippen LogP contribution in [-0.4, -0.2) is 39.6 Å². The number of amides is 3. The van der Waals surface area contributed by atoms with Crippen molar-refractivity contribution in [3.8, 4) is 0 Å². The lowest BCUT2D eigenvalue weighted by atomic mass is 10.2. The third-order valence-electron chi connectivity index (χ3n) is 3.39. The number of carbonyl (C=O) groups excluding carboxylic acids is 3. The minimum absolute atomic E-state index is 0.0212. The summed E-state index contributed by atoms with van der Waals surface area (Å²) in [4.78, 5) is 49.4. The topological polar surface area (TPSA) is 104 Å². The first-order valence-electron chi connectivity index (χ1n) is 7.36. The molecule has 0 aliphatic carbocycles. The van der Waals surface area contributed by atoms with Crippen molar-refractivity contribution in [3.63, 3.8) is 0 Å². The minimum atomic E-state index is -1.12. The normalized spacial score (nSPS) is 15.5. The molecule has 0 bridgehead atoms. The summed E-state index contributed by atoms with van der Waals surface area (Å²) in [5, 5.41) is 12.8. The number of anilines is 1. The number of rotatable bonds is 5. The Balaban J connectivity index is 1.67. The van der Waals surface area contributed by atoms with Crippen LogP contribution in [0.5, 0.6) is 0 Å².